The van der Waals surface area contributed by atoms with E-state index in [0.29, 0.717) is 29.6 Å². The Balaban J connectivity index is 1.53. The van der Waals surface area contributed by atoms with Gasteiger partial charge in [0.15, 0.2) is 0 Å². The van der Waals surface area contributed by atoms with Gasteiger partial charge in [-0.05, 0) is 36.6 Å². The summed E-state index contributed by atoms with van der Waals surface area (Å²) in [6, 6.07) is 9.28. The Morgan fingerprint density at radius 2 is 2.27 bits per heavy atom. The maximum atomic E-state index is 12.8. The minimum atomic E-state index is -0.134. The predicted molar refractivity (Wildman–Crippen MR) is 97.0 cm³/mol. The van der Waals surface area contributed by atoms with E-state index in [1.54, 1.807) is 30.2 Å². The van der Waals surface area contributed by atoms with E-state index < -0.39 is 0 Å². The summed E-state index contributed by atoms with van der Waals surface area (Å²) in [6.45, 7) is 0.695. The van der Waals surface area contributed by atoms with E-state index in [2.05, 4.69) is 10.1 Å². The molecule has 0 aliphatic carbocycles. The highest BCUT2D eigenvalue weighted by Gasteiger charge is 2.34. The van der Waals surface area contributed by atoms with Gasteiger partial charge >= 0.3 is 0 Å². The fourth-order valence-corrected chi connectivity index (χ4v) is 3.62. The number of oxazole rings is 1. The molecule has 1 fully saturated rings. The van der Waals surface area contributed by atoms with Crippen molar-refractivity contribution in [2.24, 2.45) is 7.05 Å². The summed E-state index contributed by atoms with van der Waals surface area (Å²) in [6.07, 6.45) is 5.77. The van der Waals surface area contributed by atoms with Crippen LogP contribution in [-0.2, 0) is 13.5 Å². The van der Waals surface area contributed by atoms with Gasteiger partial charge in [0, 0.05) is 31.2 Å². The predicted octanol–water partition coefficient (Wildman–Crippen LogP) is 3.63. The molecule has 4 rings (SSSR count). The maximum Gasteiger partial charge on any atom is 0.272 e. The molecule has 26 heavy (non-hydrogen) atoms. The van der Waals surface area contributed by atoms with Crippen LogP contribution in [0.3, 0.4) is 0 Å². The van der Waals surface area contributed by atoms with E-state index in [0.717, 1.165) is 24.2 Å². The molecule has 1 aliphatic heterocycles. The Labute approximate surface area is 156 Å². The third-order valence-electron chi connectivity index (χ3n) is 4.68. The van der Waals surface area contributed by atoms with Crippen molar-refractivity contribution in [3.05, 3.63) is 70.7 Å². The molecular weight excluding hydrogens is 352 g/mol. The fraction of sp³-hybridized carbons (Fsp3) is 0.316. The summed E-state index contributed by atoms with van der Waals surface area (Å²) >= 11 is 6.04. The van der Waals surface area contributed by atoms with Crippen LogP contribution in [0.4, 0.5) is 0 Å². The molecule has 1 aliphatic rings. The van der Waals surface area contributed by atoms with Gasteiger partial charge in [0.05, 0.1) is 6.20 Å². The largest absolute Gasteiger partial charge is 0.443 e. The van der Waals surface area contributed by atoms with E-state index in [1.165, 1.54) is 0 Å². The Bertz CT molecular complexity index is 933. The van der Waals surface area contributed by atoms with Crippen molar-refractivity contribution in [1.29, 1.82) is 0 Å². The molecule has 1 aromatic carbocycles. The highest BCUT2D eigenvalue weighted by molar-refractivity contribution is 6.30. The molecule has 1 atom stereocenters. The van der Waals surface area contributed by atoms with Gasteiger partial charge in [0.2, 0.25) is 5.89 Å². The molecule has 6 nitrogen and oxygen atoms in total. The van der Waals surface area contributed by atoms with Crippen molar-refractivity contribution < 1.29 is 9.21 Å². The number of nitrogens with zero attached hydrogens (tertiary/aromatic N) is 4. The molecule has 1 amide bonds. The topological polar surface area (TPSA) is 64.2 Å². The first-order valence-corrected chi connectivity index (χ1v) is 8.97. The zero-order chi connectivity index (χ0) is 18.1. The van der Waals surface area contributed by atoms with Crippen molar-refractivity contribution in [2.45, 2.75) is 25.3 Å². The summed E-state index contributed by atoms with van der Waals surface area (Å²) in [5, 5.41) is 4.78. The molecule has 134 valence electrons. The summed E-state index contributed by atoms with van der Waals surface area (Å²) in [5.74, 6) is 1.32. The first-order chi connectivity index (χ1) is 12.6. The summed E-state index contributed by atoms with van der Waals surface area (Å²) in [7, 11) is 1.77. The van der Waals surface area contributed by atoms with Gasteiger partial charge in [-0.25, -0.2) is 4.98 Å². The molecule has 7 heteroatoms. The minimum absolute atomic E-state index is 0.0397. The molecule has 0 unspecified atom stereocenters. The molecule has 3 aromatic rings. The zero-order valence-electron chi connectivity index (χ0n) is 14.4. The van der Waals surface area contributed by atoms with E-state index in [1.807, 2.05) is 29.2 Å². The number of amides is 1. The van der Waals surface area contributed by atoms with Crippen molar-refractivity contribution in [1.82, 2.24) is 19.7 Å². The first kappa shape index (κ1) is 16.8. The van der Waals surface area contributed by atoms with Crippen LogP contribution >= 0.6 is 11.6 Å². The van der Waals surface area contributed by atoms with Gasteiger partial charge in [-0.2, -0.15) is 5.10 Å². The van der Waals surface area contributed by atoms with Crippen LogP contribution in [0.25, 0.3) is 0 Å². The van der Waals surface area contributed by atoms with Crippen LogP contribution in [0.15, 0.2) is 47.1 Å². The summed E-state index contributed by atoms with van der Waals surface area (Å²) in [5.41, 5.74) is 1.64. The lowest BCUT2D eigenvalue weighted by Crippen LogP contribution is -2.32. The Morgan fingerprint density at radius 1 is 1.38 bits per heavy atom. The monoisotopic (exact) mass is 370 g/mol. The fourth-order valence-electron chi connectivity index (χ4n) is 3.40. The smallest absolute Gasteiger partial charge is 0.272 e. The van der Waals surface area contributed by atoms with E-state index in [-0.39, 0.29) is 11.9 Å². The quantitative estimate of drug-likeness (QED) is 0.703. The lowest BCUT2D eigenvalue weighted by Gasteiger charge is -2.22. The van der Waals surface area contributed by atoms with Crippen LogP contribution in [0.5, 0.6) is 0 Å². The number of carbonyl (C=O) groups excluding carboxylic acids is 1. The molecule has 2 aromatic heterocycles. The highest BCUT2D eigenvalue weighted by atomic mass is 35.5. The average molecular weight is 371 g/mol. The molecule has 0 spiro atoms. The number of likely N-dealkylation sites (tertiary alicyclic amines) is 1. The number of halogens is 1. The van der Waals surface area contributed by atoms with E-state index >= 15 is 0 Å². The second-order valence-electron chi connectivity index (χ2n) is 6.47. The third-order valence-corrected chi connectivity index (χ3v) is 4.91. The molecule has 0 saturated carbocycles. The highest BCUT2D eigenvalue weighted by Crippen LogP contribution is 2.33. The van der Waals surface area contributed by atoms with Crippen LogP contribution in [-0.4, -0.2) is 32.1 Å². The lowest BCUT2D eigenvalue weighted by molar-refractivity contribution is 0.0703. The number of carbonyl (C=O) groups is 1. The van der Waals surface area contributed by atoms with Crippen LogP contribution in [0.2, 0.25) is 5.02 Å². The Hall–Kier alpha value is -2.60. The van der Waals surface area contributed by atoms with Crippen LogP contribution < -0.4 is 0 Å². The second kappa shape index (κ2) is 6.96. The SMILES string of the molecule is Cn1nccc1C(=O)N1CCC[C@H]1c1ncc(Cc2cccc(Cl)c2)o1. The first-order valence-electron chi connectivity index (χ1n) is 8.60. The van der Waals surface area contributed by atoms with Crippen molar-refractivity contribution in [3.63, 3.8) is 0 Å². The van der Waals surface area contributed by atoms with Crippen molar-refractivity contribution in [3.8, 4) is 0 Å². The number of benzene rings is 1. The number of hydrogen-bond acceptors (Lipinski definition) is 4. The molecular formula is C19H19ClN4O2. The third kappa shape index (κ3) is 3.24. The Morgan fingerprint density at radius 3 is 3.04 bits per heavy atom. The average Bonchev–Trinajstić information content (AvgIpc) is 3.34. The van der Waals surface area contributed by atoms with Gasteiger partial charge in [0.25, 0.3) is 5.91 Å². The minimum Gasteiger partial charge on any atom is -0.443 e. The van der Waals surface area contributed by atoms with Gasteiger partial charge in [-0.1, -0.05) is 23.7 Å². The van der Waals surface area contributed by atoms with Crippen LogP contribution in [0.1, 0.15) is 46.6 Å². The molecule has 0 bridgehead atoms. The molecule has 1 saturated heterocycles. The van der Waals surface area contributed by atoms with Crippen LogP contribution in [0, 0.1) is 0 Å². The van der Waals surface area contributed by atoms with Gasteiger partial charge in [-0.15, -0.1) is 0 Å². The molecule has 0 radical (unpaired) electrons. The zero-order valence-corrected chi connectivity index (χ0v) is 15.2. The molecule has 0 N–H and O–H groups in total. The number of rotatable bonds is 4. The second-order valence-corrected chi connectivity index (χ2v) is 6.90. The van der Waals surface area contributed by atoms with E-state index in [4.69, 9.17) is 16.0 Å². The number of aryl methyl sites for hydroxylation is 1. The van der Waals surface area contributed by atoms with Crippen molar-refractivity contribution in [2.75, 3.05) is 6.54 Å². The standard InChI is InChI=1S/C19H19ClN4O2/c1-23-17(7-8-22-23)19(25)24-9-3-6-16(24)18-21-12-15(26-18)11-13-4-2-5-14(20)10-13/h2,4-5,7-8,10,12,16H,3,6,9,11H2,1H3/t16-/m0/s1. The summed E-state index contributed by atoms with van der Waals surface area (Å²) in [4.78, 5) is 19.1. The van der Waals surface area contributed by atoms with Gasteiger partial charge in [-0.3, -0.25) is 9.48 Å². The van der Waals surface area contributed by atoms with Gasteiger partial charge in [0.1, 0.15) is 17.5 Å². The normalized spacial score (nSPS) is 17.0. The van der Waals surface area contributed by atoms with E-state index in [9.17, 15) is 4.79 Å². The van der Waals surface area contributed by atoms with Gasteiger partial charge < -0.3 is 9.32 Å². The molecule has 3 heterocycles. The number of hydrogen-bond donors (Lipinski definition) is 0. The Kier molecular flexibility index (Phi) is 4.51. The lowest BCUT2D eigenvalue weighted by atomic mass is 10.1. The maximum absolute atomic E-state index is 12.8. The summed E-state index contributed by atoms with van der Waals surface area (Å²) < 4.78 is 7.56. The van der Waals surface area contributed by atoms with Crippen molar-refractivity contribution >= 4 is 17.5 Å². The number of aromatic nitrogens is 3.